The van der Waals surface area contributed by atoms with Gasteiger partial charge in [-0.3, -0.25) is 9.69 Å². The Balaban J connectivity index is 2.32. The van der Waals surface area contributed by atoms with Crippen LogP contribution in [0.1, 0.15) is 13.8 Å². The predicted molar refractivity (Wildman–Crippen MR) is 107 cm³/mol. The van der Waals surface area contributed by atoms with Gasteiger partial charge in [0.25, 0.3) is 0 Å². The Hall–Kier alpha value is -1.62. The highest BCUT2D eigenvalue weighted by Gasteiger charge is 2.24. The molecular formula is C17H25FN4O3S2. The number of hydrogen-bond donors (Lipinski definition) is 0. The molecule has 0 aliphatic heterocycles. The van der Waals surface area contributed by atoms with E-state index in [0.717, 1.165) is 23.7 Å². The molecule has 0 saturated heterocycles. The number of rotatable bonds is 9. The Morgan fingerprint density at radius 3 is 2.44 bits per heavy atom. The highest BCUT2D eigenvalue weighted by Crippen LogP contribution is 2.30. The smallest absolute Gasteiger partial charge is 0.244 e. The molecule has 1 heterocycles. The van der Waals surface area contributed by atoms with Crippen molar-refractivity contribution in [1.29, 1.82) is 0 Å². The van der Waals surface area contributed by atoms with Crippen molar-refractivity contribution in [1.82, 2.24) is 14.2 Å². The molecule has 0 atom stereocenters. The molecule has 7 nitrogen and oxygen atoms in total. The van der Waals surface area contributed by atoms with Crippen LogP contribution in [-0.2, 0) is 14.8 Å². The molecule has 1 amide bonds. The van der Waals surface area contributed by atoms with E-state index in [9.17, 15) is 17.6 Å². The summed E-state index contributed by atoms with van der Waals surface area (Å²) in [4.78, 5) is 20.7. The van der Waals surface area contributed by atoms with Gasteiger partial charge in [0.2, 0.25) is 15.9 Å². The molecule has 0 aliphatic carbocycles. The van der Waals surface area contributed by atoms with E-state index in [-0.39, 0.29) is 12.1 Å². The second-order valence-electron chi connectivity index (χ2n) is 6.17. The van der Waals surface area contributed by atoms with Crippen molar-refractivity contribution >= 4 is 42.6 Å². The Bertz CT molecular complexity index is 897. The van der Waals surface area contributed by atoms with Crippen LogP contribution < -0.4 is 4.90 Å². The Kier molecular flexibility index (Phi) is 7.26. The van der Waals surface area contributed by atoms with Gasteiger partial charge < -0.3 is 4.90 Å². The third-order valence-corrected chi connectivity index (χ3v) is 6.65. The van der Waals surface area contributed by atoms with Crippen LogP contribution >= 0.6 is 11.3 Å². The monoisotopic (exact) mass is 416 g/mol. The first-order valence-electron chi connectivity index (χ1n) is 8.66. The lowest BCUT2D eigenvalue weighted by Crippen LogP contribution is -2.44. The molecular weight excluding hydrogens is 391 g/mol. The van der Waals surface area contributed by atoms with Crippen LogP contribution in [0.25, 0.3) is 10.2 Å². The van der Waals surface area contributed by atoms with Crippen molar-refractivity contribution in [2.45, 2.75) is 13.8 Å². The van der Waals surface area contributed by atoms with E-state index in [1.807, 2.05) is 13.8 Å². The maximum Gasteiger partial charge on any atom is 0.244 e. The van der Waals surface area contributed by atoms with E-state index < -0.39 is 21.7 Å². The van der Waals surface area contributed by atoms with Gasteiger partial charge in [0.05, 0.1) is 17.5 Å². The van der Waals surface area contributed by atoms with E-state index in [1.165, 1.54) is 29.4 Å². The van der Waals surface area contributed by atoms with E-state index in [2.05, 4.69) is 9.88 Å². The number of aromatic nitrogens is 1. The number of hydrogen-bond acceptors (Lipinski definition) is 6. The number of carbonyl (C=O) groups is 1. The van der Waals surface area contributed by atoms with Crippen molar-refractivity contribution in [2.24, 2.45) is 0 Å². The topological polar surface area (TPSA) is 73.8 Å². The summed E-state index contributed by atoms with van der Waals surface area (Å²) in [7, 11) is -2.13. The van der Waals surface area contributed by atoms with E-state index in [0.29, 0.717) is 22.9 Å². The van der Waals surface area contributed by atoms with Crippen molar-refractivity contribution in [2.75, 3.05) is 50.9 Å². The van der Waals surface area contributed by atoms with Gasteiger partial charge >= 0.3 is 0 Å². The standard InChI is InChI=1S/C17H25FN4O3S2/c1-5-21(6-2)10-11-22(15(23)12-20(3)27(4,24)25)17-19-16-13(18)8-7-9-14(16)26-17/h7-9H,5-6,10-12H2,1-4H3. The number of halogens is 1. The fourth-order valence-corrected chi connectivity index (χ4v) is 3.89. The van der Waals surface area contributed by atoms with Gasteiger partial charge in [0.1, 0.15) is 11.3 Å². The van der Waals surface area contributed by atoms with Crippen LogP contribution in [0.15, 0.2) is 18.2 Å². The molecule has 27 heavy (non-hydrogen) atoms. The normalized spacial score (nSPS) is 12.3. The lowest BCUT2D eigenvalue weighted by Gasteiger charge is -2.26. The largest absolute Gasteiger partial charge is 0.302 e. The van der Waals surface area contributed by atoms with Gasteiger partial charge in [0.15, 0.2) is 5.13 Å². The maximum absolute atomic E-state index is 14.0. The van der Waals surface area contributed by atoms with Crippen molar-refractivity contribution in [3.8, 4) is 0 Å². The van der Waals surface area contributed by atoms with E-state index in [1.54, 1.807) is 12.1 Å². The second-order valence-corrected chi connectivity index (χ2v) is 9.27. The van der Waals surface area contributed by atoms with Crippen LogP contribution in [-0.4, -0.2) is 74.5 Å². The van der Waals surface area contributed by atoms with Crippen molar-refractivity contribution < 1.29 is 17.6 Å². The van der Waals surface area contributed by atoms with Crippen LogP contribution in [0.5, 0.6) is 0 Å². The lowest BCUT2D eigenvalue weighted by molar-refractivity contribution is -0.118. The van der Waals surface area contributed by atoms with Gasteiger partial charge in [-0.2, -0.15) is 4.31 Å². The van der Waals surface area contributed by atoms with Gasteiger partial charge in [0, 0.05) is 20.1 Å². The molecule has 10 heteroatoms. The first-order valence-corrected chi connectivity index (χ1v) is 11.3. The molecule has 2 aromatic rings. The van der Waals surface area contributed by atoms with Crippen LogP contribution in [0.3, 0.4) is 0 Å². The average molecular weight is 417 g/mol. The average Bonchev–Trinajstić information content (AvgIpc) is 3.03. The molecule has 0 spiro atoms. The fourth-order valence-electron chi connectivity index (χ4n) is 2.52. The Labute approximate surface area is 163 Å². The number of benzene rings is 1. The molecule has 0 bridgehead atoms. The lowest BCUT2D eigenvalue weighted by atomic mass is 10.3. The zero-order valence-electron chi connectivity index (χ0n) is 16.0. The minimum Gasteiger partial charge on any atom is -0.302 e. The molecule has 2 rings (SSSR count). The summed E-state index contributed by atoms with van der Waals surface area (Å²) in [6, 6.07) is 4.67. The Morgan fingerprint density at radius 1 is 1.22 bits per heavy atom. The van der Waals surface area contributed by atoms with Crippen molar-refractivity contribution in [3.05, 3.63) is 24.0 Å². The van der Waals surface area contributed by atoms with Gasteiger partial charge in [-0.1, -0.05) is 31.3 Å². The Morgan fingerprint density at radius 2 is 1.89 bits per heavy atom. The maximum atomic E-state index is 14.0. The number of fused-ring (bicyclic) bond motifs is 1. The number of carbonyl (C=O) groups excluding carboxylic acids is 1. The molecule has 1 aromatic carbocycles. The molecule has 150 valence electrons. The fraction of sp³-hybridized carbons (Fsp3) is 0.529. The zero-order valence-corrected chi connectivity index (χ0v) is 17.6. The summed E-state index contributed by atoms with van der Waals surface area (Å²) in [5.74, 6) is -0.839. The summed E-state index contributed by atoms with van der Waals surface area (Å²) < 4.78 is 38.9. The molecule has 0 radical (unpaired) electrons. The number of anilines is 1. The summed E-state index contributed by atoms with van der Waals surface area (Å²) in [6.07, 6.45) is 1.05. The molecule has 0 unspecified atom stereocenters. The van der Waals surface area contributed by atoms with Crippen LogP contribution in [0.2, 0.25) is 0 Å². The van der Waals surface area contributed by atoms with Crippen LogP contribution in [0.4, 0.5) is 9.52 Å². The summed E-state index contributed by atoms with van der Waals surface area (Å²) in [5.41, 5.74) is 0.217. The molecule has 0 aliphatic rings. The van der Waals surface area contributed by atoms with Gasteiger partial charge in [-0.15, -0.1) is 0 Å². The summed E-state index contributed by atoms with van der Waals surface area (Å²) >= 11 is 1.22. The second kappa shape index (κ2) is 9.05. The SMILES string of the molecule is CCN(CC)CCN(C(=O)CN(C)S(C)(=O)=O)c1nc2c(F)cccc2s1. The first-order chi connectivity index (χ1) is 12.7. The predicted octanol–water partition coefficient (Wildman–Crippen LogP) is 2.00. The zero-order chi connectivity index (χ0) is 20.2. The minimum absolute atomic E-state index is 0.217. The highest BCUT2D eigenvalue weighted by molar-refractivity contribution is 7.88. The highest BCUT2D eigenvalue weighted by atomic mass is 32.2. The van der Waals surface area contributed by atoms with Crippen LogP contribution in [0, 0.1) is 5.82 Å². The van der Waals surface area contributed by atoms with Crippen molar-refractivity contribution in [3.63, 3.8) is 0 Å². The third-order valence-electron chi connectivity index (χ3n) is 4.35. The molecule has 0 N–H and O–H groups in total. The molecule has 0 fully saturated rings. The number of thiazole rings is 1. The van der Waals surface area contributed by atoms with E-state index >= 15 is 0 Å². The first kappa shape index (κ1) is 21.7. The van der Waals surface area contributed by atoms with Gasteiger partial charge in [-0.05, 0) is 25.2 Å². The third kappa shape index (κ3) is 5.44. The number of likely N-dealkylation sites (N-methyl/N-ethyl adjacent to an activating group) is 2. The number of nitrogens with zero attached hydrogens (tertiary/aromatic N) is 4. The molecule has 0 saturated carbocycles. The minimum atomic E-state index is -3.49. The molecule has 1 aromatic heterocycles. The number of para-hydroxylation sites is 1. The van der Waals surface area contributed by atoms with Gasteiger partial charge in [-0.25, -0.2) is 17.8 Å². The summed E-state index contributed by atoms with van der Waals surface area (Å²) in [6.45, 7) is 6.38. The quantitative estimate of drug-likeness (QED) is 0.625. The number of amides is 1. The van der Waals surface area contributed by atoms with E-state index in [4.69, 9.17) is 0 Å². The number of sulfonamides is 1. The summed E-state index contributed by atoms with van der Waals surface area (Å²) in [5, 5.41) is 0.370.